The number of nitrogens with zero attached hydrogens (tertiary/aromatic N) is 1. The Labute approximate surface area is 171 Å². The van der Waals surface area contributed by atoms with Crippen LogP contribution in [-0.2, 0) is 16.6 Å². The molecular formula is C22H26N2O4S. The Morgan fingerprint density at radius 2 is 1.93 bits per heavy atom. The van der Waals surface area contributed by atoms with Gasteiger partial charge in [0.05, 0.1) is 11.4 Å². The predicted molar refractivity (Wildman–Crippen MR) is 110 cm³/mol. The molecule has 1 heterocycles. The topological polar surface area (TPSA) is 79.6 Å². The number of carbonyl (C=O) groups is 1. The van der Waals surface area contributed by atoms with Gasteiger partial charge in [0.15, 0.2) is 0 Å². The highest BCUT2D eigenvalue weighted by Crippen LogP contribution is 2.47. The quantitative estimate of drug-likeness (QED) is 0.635. The zero-order chi connectivity index (χ0) is 20.6. The highest BCUT2D eigenvalue weighted by molar-refractivity contribution is 7.89. The third-order valence-electron chi connectivity index (χ3n) is 5.56. The van der Waals surface area contributed by atoms with Crippen LogP contribution >= 0.6 is 0 Å². The average molecular weight is 415 g/mol. The Morgan fingerprint density at radius 3 is 2.52 bits per heavy atom. The molecule has 29 heavy (non-hydrogen) atoms. The number of rotatable bonds is 9. The van der Waals surface area contributed by atoms with Gasteiger partial charge in [-0.1, -0.05) is 13.0 Å². The van der Waals surface area contributed by atoms with Crippen LogP contribution in [0.4, 0.5) is 0 Å². The molecule has 2 aromatic rings. The molecule has 2 saturated carbocycles. The number of sulfonamides is 1. The largest absolute Gasteiger partial charge is 0.464 e. The Balaban J connectivity index is 1.47. The van der Waals surface area contributed by atoms with Gasteiger partial charge in [-0.15, -0.1) is 6.58 Å². The summed E-state index contributed by atoms with van der Waals surface area (Å²) in [5, 5.41) is 0. The molecule has 2 aliphatic rings. The van der Waals surface area contributed by atoms with Crippen molar-refractivity contribution in [3.63, 3.8) is 0 Å². The second-order valence-corrected chi connectivity index (χ2v) is 9.72. The Bertz CT molecular complexity index is 1010. The number of nitrogens with one attached hydrogen (secondary N) is 1. The number of carbonyl (C=O) groups excluding carboxylic acids is 1. The summed E-state index contributed by atoms with van der Waals surface area (Å²) < 4.78 is 32.8. The van der Waals surface area contributed by atoms with Crippen molar-refractivity contribution in [2.75, 3.05) is 6.54 Å². The number of hydrogen-bond acceptors (Lipinski definition) is 4. The number of amides is 1. The van der Waals surface area contributed by atoms with E-state index >= 15 is 0 Å². The zero-order valence-corrected chi connectivity index (χ0v) is 17.3. The molecule has 0 bridgehead atoms. The van der Waals surface area contributed by atoms with Crippen molar-refractivity contribution < 1.29 is 17.6 Å². The van der Waals surface area contributed by atoms with Gasteiger partial charge in [-0.2, -0.15) is 0 Å². The maximum atomic E-state index is 13.1. The molecule has 2 aliphatic carbocycles. The first-order valence-electron chi connectivity index (χ1n) is 9.99. The van der Waals surface area contributed by atoms with Crippen LogP contribution in [0, 0.1) is 5.92 Å². The molecule has 0 radical (unpaired) electrons. The van der Waals surface area contributed by atoms with Crippen LogP contribution in [0.5, 0.6) is 0 Å². The van der Waals surface area contributed by atoms with Crippen LogP contribution in [-0.4, -0.2) is 31.8 Å². The first-order chi connectivity index (χ1) is 13.9. The Hall–Kier alpha value is -2.38. The van der Waals surface area contributed by atoms with Crippen molar-refractivity contribution in [2.24, 2.45) is 5.92 Å². The van der Waals surface area contributed by atoms with Crippen LogP contribution in [0.1, 0.15) is 54.0 Å². The lowest BCUT2D eigenvalue weighted by atomic mass is 10.2. The summed E-state index contributed by atoms with van der Waals surface area (Å²) in [5.74, 6) is 2.89. The monoisotopic (exact) mass is 414 g/mol. The predicted octanol–water partition coefficient (Wildman–Crippen LogP) is 3.67. The van der Waals surface area contributed by atoms with E-state index in [1.165, 1.54) is 18.2 Å². The van der Waals surface area contributed by atoms with Crippen molar-refractivity contribution in [1.82, 2.24) is 9.62 Å². The van der Waals surface area contributed by atoms with Crippen LogP contribution in [0.25, 0.3) is 0 Å². The number of benzene rings is 1. The van der Waals surface area contributed by atoms with Gasteiger partial charge in [-0.25, -0.2) is 13.1 Å². The molecule has 1 amide bonds. The van der Waals surface area contributed by atoms with Gasteiger partial charge in [0.25, 0.3) is 5.91 Å². The van der Waals surface area contributed by atoms with E-state index in [9.17, 15) is 13.2 Å². The maximum Gasteiger partial charge on any atom is 0.254 e. The summed E-state index contributed by atoms with van der Waals surface area (Å²) in [7, 11) is -3.60. The molecule has 1 N–H and O–H groups in total. The first-order valence-corrected chi connectivity index (χ1v) is 11.5. The molecule has 154 valence electrons. The number of hydrogen-bond donors (Lipinski definition) is 1. The standard InChI is InChI=1S/C22H26N2O4S/c1-3-12-23-29(26,27)19-9-4-16(5-10-19)22(25)24(17-6-7-17)14-18-8-11-21(28-18)20-13-15(20)2/h3-5,8-11,15,17,20,23H,1,6-7,12-14H2,2H3. The third kappa shape index (κ3) is 4.46. The first kappa shape index (κ1) is 19.9. The van der Waals surface area contributed by atoms with E-state index in [1.807, 2.05) is 17.0 Å². The summed E-state index contributed by atoms with van der Waals surface area (Å²) in [6, 6.07) is 10.3. The van der Waals surface area contributed by atoms with Crippen LogP contribution in [0.15, 0.2) is 58.4 Å². The highest BCUT2D eigenvalue weighted by atomic mass is 32.2. The van der Waals surface area contributed by atoms with Crippen molar-refractivity contribution >= 4 is 15.9 Å². The van der Waals surface area contributed by atoms with Crippen LogP contribution < -0.4 is 4.72 Å². The second-order valence-electron chi connectivity index (χ2n) is 7.95. The summed E-state index contributed by atoms with van der Waals surface area (Å²) in [5.41, 5.74) is 0.474. The fourth-order valence-corrected chi connectivity index (χ4v) is 4.51. The molecule has 7 heteroatoms. The van der Waals surface area contributed by atoms with Crippen LogP contribution in [0.3, 0.4) is 0 Å². The van der Waals surface area contributed by atoms with E-state index in [4.69, 9.17) is 4.42 Å². The molecule has 1 aromatic carbocycles. The molecule has 0 aliphatic heterocycles. The molecule has 1 aromatic heterocycles. The Morgan fingerprint density at radius 1 is 1.24 bits per heavy atom. The fourth-order valence-electron chi connectivity index (χ4n) is 3.51. The lowest BCUT2D eigenvalue weighted by Crippen LogP contribution is -2.32. The number of furan rings is 1. The third-order valence-corrected chi connectivity index (χ3v) is 7.00. The molecule has 2 atom stereocenters. The van der Waals surface area contributed by atoms with Gasteiger partial charge in [-0.05, 0) is 61.6 Å². The summed E-state index contributed by atoms with van der Waals surface area (Å²) in [4.78, 5) is 15.0. The lowest BCUT2D eigenvalue weighted by molar-refractivity contribution is 0.0716. The SMILES string of the molecule is C=CCNS(=O)(=O)c1ccc(C(=O)N(Cc2ccc(C3CC3C)o2)C2CC2)cc1. The van der Waals surface area contributed by atoms with Gasteiger partial charge in [0, 0.05) is 24.1 Å². The van der Waals surface area contributed by atoms with Crippen molar-refractivity contribution in [1.29, 1.82) is 0 Å². The van der Waals surface area contributed by atoms with E-state index in [0.29, 0.717) is 23.9 Å². The van der Waals surface area contributed by atoms with Crippen molar-refractivity contribution in [3.05, 3.63) is 66.1 Å². The molecular weight excluding hydrogens is 388 g/mol. The van der Waals surface area contributed by atoms with Gasteiger partial charge >= 0.3 is 0 Å². The highest BCUT2D eigenvalue weighted by Gasteiger charge is 2.37. The Kier molecular flexibility index (Phi) is 5.36. The maximum absolute atomic E-state index is 13.1. The van der Waals surface area contributed by atoms with Gasteiger partial charge in [0.2, 0.25) is 10.0 Å². The smallest absolute Gasteiger partial charge is 0.254 e. The molecule has 2 fully saturated rings. The van der Waals surface area contributed by atoms with E-state index < -0.39 is 10.0 Å². The van der Waals surface area contributed by atoms with Gasteiger partial charge < -0.3 is 9.32 Å². The summed E-state index contributed by atoms with van der Waals surface area (Å²) >= 11 is 0. The summed E-state index contributed by atoms with van der Waals surface area (Å²) in [6.07, 6.45) is 4.61. The fraction of sp³-hybridized carbons (Fsp3) is 0.409. The molecule has 0 spiro atoms. The molecule has 0 saturated heterocycles. The van der Waals surface area contributed by atoms with E-state index in [-0.39, 0.29) is 23.4 Å². The van der Waals surface area contributed by atoms with Gasteiger partial charge in [0.1, 0.15) is 11.5 Å². The molecule has 6 nitrogen and oxygen atoms in total. The van der Waals surface area contributed by atoms with Crippen molar-refractivity contribution in [3.8, 4) is 0 Å². The second kappa shape index (κ2) is 7.80. The summed E-state index contributed by atoms with van der Waals surface area (Å²) in [6.45, 7) is 6.31. The normalized spacial score (nSPS) is 21.0. The van der Waals surface area contributed by atoms with E-state index in [1.54, 1.807) is 12.1 Å². The molecule has 2 unspecified atom stereocenters. The van der Waals surface area contributed by atoms with Gasteiger partial charge in [-0.3, -0.25) is 4.79 Å². The van der Waals surface area contributed by atoms with Crippen LogP contribution in [0.2, 0.25) is 0 Å². The molecule has 4 rings (SSSR count). The lowest BCUT2D eigenvalue weighted by Gasteiger charge is -2.21. The average Bonchev–Trinajstić information content (AvgIpc) is 3.64. The zero-order valence-electron chi connectivity index (χ0n) is 16.5. The van der Waals surface area contributed by atoms with E-state index in [0.717, 1.165) is 30.8 Å². The minimum absolute atomic E-state index is 0.103. The van der Waals surface area contributed by atoms with Crippen molar-refractivity contribution in [2.45, 2.75) is 49.6 Å². The minimum Gasteiger partial charge on any atom is -0.464 e. The minimum atomic E-state index is -3.60. The van der Waals surface area contributed by atoms with E-state index in [2.05, 4.69) is 18.2 Å².